The second kappa shape index (κ2) is 13.2. The van der Waals surface area contributed by atoms with Gasteiger partial charge in [-0.3, -0.25) is 14.9 Å². The summed E-state index contributed by atoms with van der Waals surface area (Å²) < 4.78 is 0. The van der Waals surface area contributed by atoms with Crippen LogP contribution in [-0.4, -0.2) is 23.8 Å². The van der Waals surface area contributed by atoms with Crippen LogP contribution in [0.1, 0.15) is 53.9 Å². The number of hydrogen-bond donors (Lipinski definition) is 2. The molecule has 1 heterocycles. The van der Waals surface area contributed by atoms with Gasteiger partial charge in [-0.15, -0.1) is 11.6 Å². The Morgan fingerprint density at radius 3 is 2.35 bits per heavy atom. The Labute approximate surface area is 153 Å². The van der Waals surface area contributed by atoms with Gasteiger partial charge in [0.05, 0.1) is 6.04 Å². The van der Waals surface area contributed by atoms with Gasteiger partial charge in [-0.25, -0.2) is 0 Å². The zero-order valence-electron chi connectivity index (χ0n) is 14.6. The minimum Gasteiger partial charge on any atom is -0.394 e. The van der Waals surface area contributed by atoms with E-state index in [-0.39, 0.29) is 39.3 Å². The number of piperidine rings is 1. The summed E-state index contributed by atoms with van der Waals surface area (Å²) in [7, 11) is 0. The van der Waals surface area contributed by atoms with Crippen LogP contribution in [0.4, 0.5) is 0 Å². The third-order valence-electron chi connectivity index (χ3n) is 3.01. The minimum atomic E-state index is -0.628. The summed E-state index contributed by atoms with van der Waals surface area (Å²) in [6.45, 7) is 10.0. The minimum absolute atomic E-state index is 0. The zero-order valence-corrected chi connectivity index (χ0v) is 17.5. The third-order valence-corrected chi connectivity index (χ3v) is 3.01. The number of hydrogen-bond acceptors (Lipinski definition) is 3. The topological polar surface area (TPSA) is 75.3 Å². The van der Waals surface area contributed by atoms with Crippen LogP contribution in [0.25, 0.3) is 0 Å². The molecule has 0 saturated carbocycles. The van der Waals surface area contributed by atoms with Gasteiger partial charge in [-0.2, -0.15) is 12.2 Å². The molecule has 1 fully saturated rings. The van der Waals surface area contributed by atoms with Crippen molar-refractivity contribution >= 4 is 17.7 Å². The van der Waals surface area contributed by atoms with Crippen LogP contribution in [-0.2, 0) is 35.4 Å². The van der Waals surface area contributed by atoms with Gasteiger partial charge in [0.1, 0.15) is 5.91 Å². The monoisotopic (exact) mass is 491 g/mol. The molecule has 0 aromatic carbocycles. The number of rotatable bonds is 2. The van der Waals surface area contributed by atoms with E-state index in [2.05, 4.69) is 16.7 Å². The maximum Gasteiger partial charge on any atom is 0.248 e. The molecule has 23 heavy (non-hydrogen) atoms. The Kier molecular flexibility index (Phi) is 13.8. The van der Waals surface area contributed by atoms with Crippen molar-refractivity contribution in [1.29, 1.82) is 0 Å². The number of allylic oxidation sites excluding steroid dienone is 2. The first-order chi connectivity index (χ1) is 10.6. The molecule has 0 radical (unpaired) electrons. The van der Waals surface area contributed by atoms with Crippen LogP contribution in [0.15, 0.2) is 17.7 Å². The van der Waals surface area contributed by atoms with Gasteiger partial charge in [0.15, 0.2) is 0 Å². The Morgan fingerprint density at radius 2 is 1.87 bits per heavy atom. The first kappa shape index (κ1) is 24.0. The van der Waals surface area contributed by atoms with Gasteiger partial charge in [0.2, 0.25) is 11.8 Å². The van der Waals surface area contributed by atoms with E-state index in [9.17, 15) is 14.4 Å². The van der Waals surface area contributed by atoms with Crippen molar-refractivity contribution in [2.75, 3.05) is 0 Å². The predicted octanol–water partition coefficient (Wildman–Crippen LogP) is 2.28. The quantitative estimate of drug-likeness (QED) is 0.460. The molecule has 1 saturated heterocycles. The van der Waals surface area contributed by atoms with Crippen molar-refractivity contribution in [2.24, 2.45) is 5.92 Å². The number of imide groups is 1. The van der Waals surface area contributed by atoms with Crippen LogP contribution >= 0.6 is 0 Å². The van der Waals surface area contributed by atoms with E-state index in [1.807, 2.05) is 46.8 Å². The van der Waals surface area contributed by atoms with Gasteiger partial charge in [-0.1, -0.05) is 41.0 Å². The average Bonchev–Trinajstić information content (AvgIpc) is 2.54. The normalized spacial score (nSPS) is 22.0. The Bertz CT molecular complexity index is 459. The van der Waals surface area contributed by atoms with Gasteiger partial charge < -0.3 is 10.1 Å². The molecule has 0 aromatic heterocycles. The van der Waals surface area contributed by atoms with Crippen LogP contribution in [0, 0.1) is 12.0 Å². The van der Waals surface area contributed by atoms with Crippen LogP contribution in [0.5, 0.6) is 0 Å². The molecule has 2 rings (SSSR count). The van der Waals surface area contributed by atoms with Crippen molar-refractivity contribution < 1.29 is 35.4 Å². The molecule has 2 unspecified atom stereocenters. The fraction of sp³-hybridized carbons (Fsp3) is 0.588. The smallest absolute Gasteiger partial charge is 0.248 e. The number of amides is 3. The summed E-state index contributed by atoms with van der Waals surface area (Å²) in [5.74, 6) is -0.652. The van der Waals surface area contributed by atoms with Gasteiger partial charge in [0, 0.05) is 27.5 Å². The molecule has 130 valence electrons. The van der Waals surface area contributed by atoms with Crippen molar-refractivity contribution in [3.8, 4) is 0 Å². The summed E-state index contributed by atoms with van der Waals surface area (Å²) in [4.78, 5) is 34.3. The Hall–Kier alpha value is -1.22. The van der Waals surface area contributed by atoms with Gasteiger partial charge in [0.25, 0.3) is 0 Å². The molecule has 0 bridgehead atoms. The Balaban J connectivity index is 0. The summed E-state index contributed by atoms with van der Waals surface area (Å²) in [5, 5.41) is 4.82. The molecular formula is C17H27N2O3W-. The van der Waals surface area contributed by atoms with E-state index in [1.165, 1.54) is 0 Å². The molecule has 6 heteroatoms. The van der Waals surface area contributed by atoms with E-state index >= 15 is 0 Å². The fourth-order valence-corrected chi connectivity index (χ4v) is 1.89. The zero-order chi connectivity index (χ0) is 17.1. The van der Waals surface area contributed by atoms with E-state index < -0.39 is 11.9 Å². The first-order valence-electron chi connectivity index (χ1n) is 8.01. The fourth-order valence-electron chi connectivity index (χ4n) is 1.89. The molecule has 3 amide bonds. The second-order valence-electron chi connectivity index (χ2n) is 4.62. The molecule has 0 aromatic rings. The van der Waals surface area contributed by atoms with Crippen molar-refractivity contribution in [1.82, 2.24) is 10.6 Å². The molecule has 2 N–H and O–H groups in total. The number of carbonyl (C=O) groups is 3. The van der Waals surface area contributed by atoms with E-state index in [1.54, 1.807) is 0 Å². The molecular weight excluding hydrogens is 464 g/mol. The van der Waals surface area contributed by atoms with Crippen molar-refractivity contribution in [3.05, 3.63) is 23.8 Å². The van der Waals surface area contributed by atoms with Crippen LogP contribution in [0.2, 0.25) is 0 Å². The molecule has 1 aliphatic carbocycles. The summed E-state index contributed by atoms with van der Waals surface area (Å²) >= 11 is 0. The van der Waals surface area contributed by atoms with E-state index in [0.717, 1.165) is 6.42 Å². The van der Waals surface area contributed by atoms with E-state index in [0.29, 0.717) is 17.9 Å². The second-order valence-corrected chi connectivity index (χ2v) is 4.62. The largest absolute Gasteiger partial charge is 0.394 e. The third kappa shape index (κ3) is 8.26. The Morgan fingerprint density at radius 1 is 1.26 bits per heavy atom. The standard InChI is InChI=1S/C13H15N2O3.2C2H6.W/c1-8-2-4-9(5-3-8)12(17)14-10-6-7-11(16)15-13(10)18;2*1-2;/h2,5,8,10H,3,6-7H2,1H3,(H,14,17)(H,15,16,18);2*1-2H3;/q-1;;;. The maximum atomic E-state index is 11.9. The summed E-state index contributed by atoms with van der Waals surface area (Å²) in [6, 6.07) is -0.628. The molecule has 2 atom stereocenters. The average molecular weight is 491 g/mol. The van der Waals surface area contributed by atoms with Gasteiger partial charge in [-0.05, 0) is 12.3 Å². The van der Waals surface area contributed by atoms with Gasteiger partial charge >= 0.3 is 0 Å². The molecule has 1 aliphatic heterocycles. The van der Waals surface area contributed by atoms with E-state index in [4.69, 9.17) is 0 Å². The predicted molar refractivity (Wildman–Crippen MR) is 86.7 cm³/mol. The summed E-state index contributed by atoms with van der Waals surface area (Å²) in [6.07, 6.45) is 7.97. The molecule has 0 spiro atoms. The van der Waals surface area contributed by atoms with Crippen LogP contribution in [0.3, 0.4) is 0 Å². The summed E-state index contributed by atoms with van der Waals surface area (Å²) in [5.41, 5.74) is 0.456. The first-order valence-corrected chi connectivity index (χ1v) is 8.01. The SMILES string of the molecule is CC.CC.CC1C=[C-]C(C(=O)NC2CCC(=O)NC2=O)=CC1.[W]. The van der Waals surface area contributed by atoms with Crippen molar-refractivity contribution in [3.63, 3.8) is 0 Å². The number of nitrogens with one attached hydrogen (secondary N) is 2. The molecule has 5 nitrogen and oxygen atoms in total. The maximum absolute atomic E-state index is 11.9. The molecule has 2 aliphatic rings. The van der Waals surface area contributed by atoms with Crippen LogP contribution < -0.4 is 10.6 Å². The number of carbonyl (C=O) groups excluding carboxylic acids is 3. The van der Waals surface area contributed by atoms with Crippen molar-refractivity contribution in [2.45, 2.75) is 59.9 Å².